The second-order valence-corrected chi connectivity index (χ2v) is 4.69. The number of nitrogens with zero attached hydrogens (tertiary/aromatic N) is 3. The Morgan fingerprint density at radius 3 is 2.81 bits per heavy atom. The Bertz CT molecular complexity index is 714. The summed E-state index contributed by atoms with van der Waals surface area (Å²) in [5, 5.41) is 18.1. The van der Waals surface area contributed by atoms with E-state index in [-0.39, 0.29) is 5.88 Å². The molecule has 0 aliphatic rings. The molecule has 2 rings (SSSR count). The summed E-state index contributed by atoms with van der Waals surface area (Å²) in [4.78, 5) is 3.68. The summed E-state index contributed by atoms with van der Waals surface area (Å²) in [6, 6.07) is 5.23. The molecule has 21 heavy (non-hydrogen) atoms. The van der Waals surface area contributed by atoms with E-state index >= 15 is 0 Å². The molecule has 0 saturated heterocycles. The van der Waals surface area contributed by atoms with Crippen molar-refractivity contribution < 1.29 is 9.84 Å². The molecule has 0 saturated carbocycles. The van der Waals surface area contributed by atoms with Crippen molar-refractivity contribution in [3.8, 4) is 22.9 Å². The van der Waals surface area contributed by atoms with Gasteiger partial charge in [-0.05, 0) is 37.9 Å². The van der Waals surface area contributed by atoms with Crippen LogP contribution in [0.4, 0.5) is 0 Å². The Morgan fingerprint density at radius 2 is 2.14 bits per heavy atom. The first-order chi connectivity index (χ1) is 10.1. The van der Waals surface area contributed by atoms with Crippen LogP contribution in [0.1, 0.15) is 11.1 Å². The van der Waals surface area contributed by atoms with Crippen LogP contribution < -0.4 is 4.74 Å². The fourth-order valence-corrected chi connectivity index (χ4v) is 2.08. The molecule has 5 nitrogen and oxygen atoms in total. The SMILES string of the molecule is C=N/C=C\c1c(-c2ccc(Cl)cc2OC)nnc(O)c1C. The van der Waals surface area contributed by atoms with Crippen LogP contribution in [0.25, 0.3) is 17.3 Å². The van der Waals surface area contributed by atoms with Gasteiger partial charge in [0.15, 0.2) is 0 Å². The molecule has 0 radical (unpaired) electrons. The highest BCUT2D eigenvalue weighted by molar-refractivity contribution is 6.30. The second-order valence-electron chi connectivity index (χ2n) is 4.25. The summed E-state index contributed by atoms with van der Waals surface area (Å²) in [5.74, 6) is 0.443. The van der Waals surface area contributed by atoms with Crippen LogP contribution in [0.3, 0.4) is 0 Å². The maximum atomic E-state index is 9.74. The predicted octanol–water partition coefficient (Wildman–Crippen LogP) is 3.49. The van der Waals surface area contributed by atoms with Gasteiger partial charge < -0.3 is 9.84 Å². The van der Waals surface area contributed by atoms with Crippen LogP contribution in [0.5, 0.6) is 11.6 Å². The lowest BCUT2D eigenvalue weighted by molar-refractivity contribution is 0.416. The highest BCUT2D eigenvalue weighted by Crippen LogP contribution is 2.35. The Balaban J connectivity index is 2.72. The van der Waals surface area contributed by atoms with Crippen molar-refractivity contribution in [2.24, 2.45) is 4.99 Å². The summed E-state index contributed by atoms with van der Waals surface area (Å²) in [5.41, 5.74) is 2.58. The van der Waals surface area contributed by atoms with Crippen molar-refractivity contribution in [2.45, 2.75) is 6.92 Å². The van der Waals surface area contributed by atoms with E-state index in [1.54, 1.807) is 38.3 Å². The normalized spacial score (nSPS) is 10.8. The van der Waals surface area contributed by atoms with Crippen LogP contribution in [-0.4, -0.2) is 29.1 Å². The molecule has 0 amide bonds. The predicted molar refractivity (Wildman–Crippen MR) is 84.0 cm³/mol. The molecule has 1 aromatic heterocycles. The molecule has 6 heteroatoms. The maximum absolute atomic E-state index is 9.74. The Labute approximate surface area is 127 Å². The number of aliphatic imine (C=N–C) groups is 1. The molecule has 0 atom stereocenters. The number of hydrogen-bond donors (Lipinski definition) is 1. The molecule has 1 N–H and O–H groups in total. The summed E-state index contributed by atoms with van der Waals surface area (Å²) >= 11 is 5.97. The van der Waals surface area contributed by atoms with Crippen molar-refractivity contribution in [3.05, 3.63) is 40.5 Å². The van der Waals surface area contributed by atoms with E-state index in [0.717, 1.165) is 5.56 Å². The smallest absolute Gasteiger partial charge is 0.234 e. The third-order valence-electron chi connectivity index (χ3n) is 3.00. The second kappa shape index (κ2) is 6.37. The van der Waals surface area contributed by atoms with E-state index in [2.05, 4.69) is 21.9 Å². The van der Waals surface area contributed by atoms with E-state index in [1.165, 1.54) is 6.20 Å². The standard InChI is InChI=1S/C15H14ClN3O2/c1-9-11(6-7-17-2)14(18-19-15(9)20)12-5-4-10(16)8-13(12)21-3/h4-8H,2H2,1,3H3,(H,19,20)/b7-6-. The number of aromatic nitrogens is 2. The van der Waals surface area contributed by atoms with Crippen LogP contribution in [0, 0.1) is 6.92 Å². The minimum Gasteiger partial charge on any atom is -0.496 e. The number of benzene rings is 1. The first kappa shape index (κ1) is 15.0. The van der Waals surface area contributed by atoms with Crippen LogP contribution in [-0.2, 0) is 0 Å². The zero-order valence-electron chi connectivity index (χ0n) is 11.7. The van der Waals surface area contributed by atoms with Gasteiger partial charge in [0.25, 0.3) is 0 Å². The van der Waals surface area contributed by atoms with E-state index in [4.69, 9.17) is 16.3 Å². The number of ether oxygens (including phenoxy) is 1. The van der Waals surface area contributed by atoms with Gasteiger partial charge in [0, 0.05) is 27.9 Å². The van der Waals surface area contributed by atoms with Gasteiger partial charge in [0.2, 0.25) is 5.88 Å². The minimum atomic E-state index is -0.129. The van der Waals surface area contributed by atoms with Gasteiger partial charge in [-0.1, -0.05) is 11.6 Å². The quantitative estimate of drug-likeness (QED) is 0.878. The first-order valence-corrected chi connectivity index (χ1v) is 6.48. The van der Waals surface area contributed by atoms with Crippen molar-refractivity contribution in [1.29, 1.82) is 0 Å². The molecule has 0 fully saturated rings. The van der Waals surface area contributed by atoms with Crippen molar-refractivity contribution in [1.82, 2.24) is 10.2 Å². The molecule has 1 heterocycles. The van der Waals surface area contributed by atoms with E-state index in [9.17, 15) is 5.11 Å². The van der Waals surface area contributed by atoms with Gasteiger partial charge in [0.1, 0.15) is 11.4 Å². The van der Waals surface area contributed by atoms with Crippen LogP contribution in [0.2, 0.25) is 5.02 Å². The molecule has 0 aliphatic heterocycles. The largest absolute Gasteiger partial charge is 0.496 e. The van der Waals surface area contributed by atoms with Crippen molar-refractivity contribution in [3.63, 3.8) is 0 Å². The molecule has 0 bridgehead atoms. The van der Waals surface area contributed by atoms with E-state index in [1.807, 2.05) is 0 Å². The Morgan fingerprint density at radius 1 is 1.38 bits per heavy atom. The minimum absolute atomic E-state index is 0.129. The highest BCUT2D eigenvalue weighted by Gasteiger charge is 2.16. The van der Waals surface area contributed by atoms with Crippen LogP contribution >= 0.6 is 11.6 Å². The third-order valence-corrected chi connectivity index (χ3v) is 3.24. The molecular formula is C15H14ClN3O2. The summed E-state index contributed by atoms with van der Waals surface area (Å²) in [6.07, 6.45) is 3.23. The molecule has 0 aliphatic carbocycles. The van der Waals surface area contributed by atoms with Gasteiger partial charge in [-0.2, -0.15) is 0 Å². The number of rotatable bonds is 4. The van der Waals surface area contributed by atoms with Gasteiger partial charge in [-0.15, -0.1) is 10.2 Å². The zero-order valence-corrected chi connectivity index (χ0v) is 12.4. The molecule has 2 aromatic rings. The topological polar surface area (TPSA) is 67.6 Å². The molecular weight excluding hydrogens is 290 g/mol. The average molecular weight is 304 g/mol. The monoisotopic (exact) mass is 303 g/mol. The fourth-order valence-electron chi connectivity index (χ4n) is 1.92. The number of hydrogen-bond acceptors (Lipinski definition) is 5. The lowest BCUT2D eigenvalue weighted by atomic mass is 10.0. The maximum Gasteiger partial charge on any atom is 0.234 e. The summed E-state index contributed by atoms with van der Waals surface area (Å²) in [7, 11) is 1.55. The zero-order chi connectivity index (χ0) is 15.4. The van der Waals surface area contributed by atoms with Gasteiger partial charge in [-0.25, -0.2) is 0 Å². The van der Waals surface area contributed by atoms with Gasteiger partial charge in [-0.3, -0.25) is 4.99 Å². The van der Waals surface area contributed by atoms with Gasteiger partial charge in [0.05, 0.1) is 7.11 Å². The molecule has 108 valence electrons. The summed E-state index contributed by atoms with van der Waals surface area (Å²) in [6.45, 7) is 5.15. The fraction of sp³-hybridized carbons (Fsp3) is 0.133. The lowest BCUT2D eigenvalue weighted by Gasteiger charge is -2.12. The Kier molecular flexibility index (Phi) is 4.55. The molecule has 1 aromatic carbocycles. The number of halogens is 1. The molecule has 0 unspecified atom stereocenters. The number of methoxy groups -OCH3 is 1. The van der Waals surface area contributed by atoms with E-state index < -0.39 is 0 Å². The van der Waals surface area contributed by atoms with Crippen molar-refractivity contribution >= 4 is 24.4 Å². The molecule has 0 spiro atoms. The first-order valence-electron chi connectivity index (χ1n) is 6.11. The highest BCUT2D eigenvalue weighted by atomic mass is 35.5. The van der Waals surface area contributed by atoms with Crippen LogP contribution in [0.15, 0.2) is 29.4 Å². The lowest BCUT2D eigenvalue weighted by Crippen LogP contribution is -1.98. The van der Waals surface area contributed by atoms with E-state index in [0.29, 0.717) is 27.6 Å². The Hall–Kier alpha value is -2.40. The van der Waals surface area contributed by atoms with Crippen molar-refractivity contribution in [2.75, 3.05) is 7.11 Å². The number of aromatic hydroxyl groups is 1. The average Bonchev–Trinajstić information content (AvgIpc) is 2.49. The summed E-state index contributed by atoms with van der Waals surface area (Å²) < 4.78 is 5.34. The van der Waals surface area contributed by atoms with Gasteiger partial charge >= 0.3 is 0 Å². The third kappa shape index (κ3) is 3.03.